The van der Waals surface area contributed by atoms with Crippen LogP contribution in [-0.2, 0) is 4.79 Å². The van der Waals surface area contributed by atoms with Crippen molar-refractivity contribution in [1.29, 1.82) is 0 Å². The van der Waals surface area contributed by atoms with Gasteiger partial charge in [-0.15, -0.1) is 0 Å². The lowest BCUT2D eigenvalue weighted by Crippen LogP contribution is -2.40. The molecule has 0 saturated carbocycles. The van der Waals surface area contributed by atoms with Crippen LogP contribution in [0.15, 0.2) is 18.2 Å². The molecular formula is C14H15Cl2NO3. The number of nitrogens with zero attached hydrogens (tertiary/aromatic N) is 1. The highest BCUT2D eigenvalue weighted by atomic mass is 35.5. The summed E-state index contributed by atoms with van der Waals surface area (Å²) in [5.41, 5.74) is 0.371. The first-order chi connectivity index (χ1) is 9.49. The van der Waals surface area contributed by atoms with Crippen LogP contribution >= 0.6 is 23.2 Å². The third-order valence-corrected chi connectivity index (χ3v) is 4.27. The van der Waals surface area contributed by atoms with Gasteiger partial charge in [-0.1, -0.05) is 29.3 Å². The van der Waals surface area contributed by atoms with Crippen LogP contribution in [-0.4, -0.2) is 35.0 Å². The number of aliphatic carboxylic acids is 1. The van der Waals surface area contributed by atoms with E-state index in [1.807, 2.05) is 0 Å². The fourth-order valence-corrected chi connectivity index (χ4v) is 2.88. The number of piperidine rings is 1. The largest absolute Gasteiger partial charge is 0.481 e. The van der Waals surface area contributed by atoms with E-state index in [2.05, 4.69) is 0 Å². The van der Waals surface area contributed by atoms with Crippen LogP contribution in [0.3, 0.4) is 0 Å². The van der Waals surface area contributed by atoms with E-state index in [0.717, 1.165) is 12.8 Å². The number of likely N-dealkylation sites (tertiary alicyclic amines) is 1. The number of rotatable bonds is 3. The molecule has 1 saturated heterocycles. The number of amides is 1. The van der Waals surface area contributed by atoms with E-state index in [1.54, 1.807) is 23.1 Å². The molecule has 108 valence electrons. The Hall–Kier alpha value is -1.26. The summed E-state index contributed by atoms with van der Waals surface area (Å²) in [5.74, 6) is -1.01. The van der Waals surface area contributed by atoms with Gasteiger partial charge in [-0.25, -0.2) is 0 Å². The number of hydrogen-bond donors (Lipinski definition) is 1. The minimum atomic E-state index is -0.829. The molecule has 20 heavy (non-hydrogen) atoms. The second-order valence-electron chi connectivity index (χ2n) is 4.96. The number of halogens is 2. The fourth-order valence-electron chi connectivity index (χ4n) is 2.50. The summed E-state index contributed by atoms with van der Waals surface area (Å²) in [5, 5.41) is 9.44. The van der Waals surface area contributed by atoms with Gasteiger partial charge in [-0.05, 0) is 30.9 Å². The predicted molar refractivity (Wildman–Crippen MR) is 77.3 cm³/mol. The SMILES string of the molecule is O=C(O)CC1CCCN(C(=O)c2cccc(Cl)c2Cl)C1. The highest BCUT2D eigenvalue weighted by molar-refractivity contribution is 6.43. The molecule has 1 aromatic rings. The maximum Gasteiger partial charge on any atom is 0.303 e. The van der Waals surface area contributed by atoms with E-state index >= 15 is 0 Å². The molecule has 2 rings (SSSR count). The van der Waals surface area contributed by atoms with Gasteiger partial charge in [0.1, 0.15) is 0 Å². The van der Waals surface area contributed by atoms with Gasteiger partial charge in [-0.3, -0.25) is 9.59 Å². The zero-order valence-electron chi connectivity index (χ0n) is 10.8. The third-order valence-electron chi connectivity index (χ3n) is 3.45. The van der Waals surface area contributed by atoms with Gasteiger partial charge in [0, 0.05) is 19.5 Å². The molecule has 1 fully saturated rings. The fraction of sp³-hybridized carbons (Fsp3) is 0.429. The molecule has 4 nitrogen and oxygen atoms in total. The Kier molecular flexibility index (Phi) is 4.89. The summed E-state index contributed by atoms with van der Waals surface area (Å²) >= 11 is 12.0. The Bertz CT molecular complexity index is 533. The van der Waals surface area contributed by atoms with E-state index in [0.29, 0.717) is 23.7 Å². The number of carbonyl (C=O) groups is 2. The Morgan fingerprint density at radius 2 is 2.10 bits per heavy atom. The monoisotopic (exact) mass is 315 g/mol. The number of hydrogen-bond acceptors (Lipinski definition) is 2. The Morgan fingerprint density at radius 3 is 2.80 bits per heavy atom. The lowest BCUT2D eigenvalue weighted by Gasteiger charge is -2.32. The minimum Gasteiger partial charge on any atom is -0.481 e. The van der Waals surface area contributed by atoms with Crippen LogP contribution in [0, 0.1) is 5.92 Å². The molecule has 0 aliphatic carbocycles. The van der Waals surface area contributed by atoms with Gasteiger partial charge < -0.3 is 10.0 Å². The quantitative estimate of drug-likeness (QED) is 0.930. The molecule has 1 aliphatic heterocycles. The Balaban J connectivity index is 2.12. The molecule has 1 atom stereocenters. The maximum absolute atomic E-state index is 12.4. The highest BCUT2D eigenvalue weighted by Crippen LogP contribution is 2.28. The molecule has 0 aromatic heterocycles. The van der Waals surface area contributed by atoms with Gasteiger partial charge in [0.15, 0.2) is 0 Å². The lowest BCUT2D eigenvalue weighted by molar-refractivity contribution is -0.138. The van der Waals surface area contributed by atoms with Crippen molar-refractivity contribution in [2.75, 3.05) is 13.1 Å². The van der Waals surface area contributed by atoms with Crippen molar-refractivity contribution in [3.05, 3.63) is 33.8 Å². The summed E-state index contributed by atoms with van der Waals surface area (Å²) in [6.45, 7) is 1.08. The second kappa shape index (κ2) is 6.46. The summed E-state index contributed by atoms with van der Waals surface area (Å²) < 4.78 is 0. The van der Waals surface area contributed by atoms with Crippen LogP contribution in [0.1, 0.15) is 29.6 Å². The van der Waals surface area contributed by atoms with E-state index < -0.39 is 5.97 Å². The van der Waals surface area contributed by atoms with Crippen molar-refractivity contribution < 1.29 is 14.7 Å². The van der Waals surface area contributed by atoms with Gasteiger partial charge >= 0.3 is 5.97 Å². The topological polar surface area (TPSA) is 57.6 Å². The second-order valence-corrected chi connectivity index (χ2v) is 5.74. The van der Waals surface area contributed by atoms with Crippen LogP contribution in [0.2, 0.25) is 10.0 Å². The first-order valence-corrected chi connectivity index (χ1v) is 7.19. The van der Waals surface area contributed by atoms with Crippen LogP contribution < -0.4 is 0 Å². The molecule has 1 amide bonds. The van der Waals surface area contributed by atoms with Gasteiger partial charge in [0.25, 0.3) is 5.91 Å². The molecule has 1 aliphatic rings. The summed E-state index contributed by atoms with van der Waals surface area (Å²) in [6, 6.07) is 4.95. The summed E-state index contributed by atoms with van der Waals surface area (Å²) in [7, 11) is 0. The van der Waals surface area contributed by atoms with Crippen molar-refractivity contribution in [2.45, 2.75) is 19.3 Å². The van der Waals surface area contributed by atoms with Crippen molar-refractivity contribution in [2.24, 2.45) is 5.92 Å². The van der Waals surface area contributed by atoms with Crippen molar-refractivity contribution in [3.8, 4) is 0 Å². The zero-order valence-corrected chi connectivity index (χ0v) is 12.3. The van der Waals surface area contributed by atoms with Gasteiger partial charge in [0.2, 0.25) is 0 Å². The molecular weight excluding hydrogens is 301 g/mol. The van der Waals surface area contributed by atoms with Crippen LogP contribution in [0.5, 0.6) is 0 Å². The third kappa shape index (κ3) is 3.44. The van der Waals surface area contributed by atoms with Crippen molar-refractivity contribution >= 4 is 35.1 Å². The summed E-state index contributed by atoms with van der Waals surface area (Å²) in [6.07, 6.45) is 1.73. The molecule has 1 aromatic carbocycles. The molecule has 1 heterocycles. The number of benzene rings is 1. The lowest BCUT2D eigenvalue weighted by atomic mass is 9.94. The Morgan fingerprint density at radius 1 is 1.35 bits per heavy atom. The first kappa shape index (κ1) is 15.1. The van der Waals surface area contributed by atoms with Crippen LogP contribution in [0.25, 0.3) is 0 Å². The van der Waals surface area contributed by atoms with E-state index in [9.17, 15) is 9.59 Å². The number of carboxylic acids is 1. The number of carboxylic acid groups (broad SMARTS) is 1. The zero-order chi connectivity index (χ0) is 14.7. The van der Waals surface area contributed by atoms with E-state index in [1.165, 1.54) is 0 Å². The van der Waals surface area contributed by atoms with Crippen molar-refractivity contribution in [3.63, 3.8) is 0 Å². The molecule has 0 spiro atoms. The number of carbonyl (C=O) groups excluding carboxylic acids is 1. The maximum atomic E-state index is 12.4. The molecule has 6 heteroatoms. The minimum absolute atomic E-state index is 0.00293. The molecule has 0 radical (unpaired) electrons. The molecule has 0 bridgehead atoms. The predicted octanol–water partition coefficient (Wildman–Crippen LogP) is 3.32. The van der Waals surface area contributed by atoms with E-state index in [4.69, 9.17) is 28.3 Å². The Labute approximate surface area is 127 Å². The standard InChI is InChI=1S/C14H15Cl2NO3/c15-11-5-1-4-10(13(11)16)14(20)17-6-2-3-9(8-17)7-12(18)19/h1,4-5,9H,2-3,6-8H2,(H,18,19). The smallest absolute Gasteiger partial charge is 0.303 e. The van der Waals surface area contributed by atoms with Crippen molar-refractivity contribution in [1.82, 2.24) is 4.90 Å². The average molecular weight is 316 g/mol. The van der Waals surface area contributed by atoms with Gasteiger partial charge in [-0.2, -0.15) is 0 Å². The molecule has 1 N–H and O–H groups in total. The highest BCUT2D eigenvalue weighted by Gasteiger charge is 2.27. The summed E-state index contributed by atoms with van der Waals surface area (Å²) in [4.78, 5) is 24.9. The first-order valence-electron chi connectivity index (χ1n) is 6.44. The average Bonchev–Trinajstić information content (AvgIpc) is 2.41. The van der Waals surface area contributed by atoms with E-state index in [-0.39, 0.29) is 23.3 Å². The molecule has 1 unspecified atom stereocenters. The normalized spacial score (nSPS) is 18.9. The van der Waals surface area contributed by atoms with Gasteiger partial charge in [0.05, 0.1) is 15.6 Å². The van der Waals surface area contributed by atoms with Crippen LogP contribution in [0.4, 0.5) is 0 Å².